The van der Waals surface area contributed by atoms with E-state index < -0.39 is 5.25 Å². The largest absolute Gasteiger partial charge is 0.497 e. The van der Waals surface area contributed by atoms with E-state index in [0.717, 1.165) is 26.4 Å². The third-order valence-electron chi connectivity index (χ3n) is 6.19. The highest BCUT2D eigenvalue weighted by Gasteiger charge is 2.24. The van der Waals surface area contributed by atoms with E-state index in [0.29, 0.717) is 27.9 Å². The number of nitrogens with one attached hydrogen (secondary N) is 2. The van der Waals surface area contributed by atoms with Crippen LogP contribution in [0.4, 0.5) is 10.8 Å². The topological polar surface area (TPSA) is 98.8 Å². The molecule has 0 saturated carbocycles. The zero-order valence-corrected chi connectivity index (χ0v) is 24.2. The summed E-state index contributed by atoms with van der Waals surface area (Å²) in [6.45, 7) is 0. The van der Waals surface area contributed by atoms with Crippen LogP contribution in [-0.4, -0.2) is 38.1 Å². The minimum atomic E-state index is -0.531. The molecule has 0 saturated heterocycles. The van der Waals surface area contributed by atoms with Crippen molar-refractivity contribution in [2.24, 2.45) is 0 Å². The van der Waals surface area contributed by atoms with Crippen molar-refractivity contribution in [2.75, 3.05) is 32.0 Å². The molecule has 1 atom stereocenters. The Morgan fingerprint density at radius 2 is 1.51 bits per heavy atom. The SMILES string of the molecule is COc1ccc2nc(NC(=O)C(Sc3ccc(NC(=O)c4c(OC)cccc4OC)cc3)c3ccccc3)sc2c1. The zero-order valence-electron chi connectivity index (χ0n) is 22.5. The van der Waals surface area contributed by atoms with E-state index in [1.165, 1.54) is 37.3 Å². The van der Waals surface area contributed by atoms with Gasteiger partial charge in [-0.05, 0) is 60.2 Å². The van der Waals surface area contributed by atoms with E-state index >= 15 is 0 Å². The van der Waals surface area contributed by atoms with Gasteiger partial charge in [0.05, 0.1) is 31.5 Å². The van der Waals surface area contributed by atoms with Crippen molar-refractivity contribution >= 4 is 55.9 Å². The molecule has 0 aliphatic heterocycles. The van der Waals surface area contributed by atoms with Gasteiger partial charge in [-0.25, -0.2) is 4.98 Å². The van der Waals surface area contributed by atoms with Crippen molar-refractivity contribution in [1.29, 1.82) is 0 Å². The molecule has 10 heteroatoms. The summed E-state index contributed by atoms with van der Waals surface area (Å²) in [5.74, 6) is 1.02. The fourth-order valence-electron chi connectivity index (χ4n) is 4.18. The van der Waals surface area contributed by atoms with Gasteiger partial charge in [0.25, 0.3) is 5.91 Å². The van der Waals surface area contributed by atoms with E-state index in [1.54, 1.807) is 37.4 Å². The second-order valence-corrected chi connectivity index (χ2v) is 11.0. The Hall–Kier alpha value is -4.54. The van der Waals surface area contributed by atoms with Gasteiger partial charge in [0, 0.05) is 10.6 Å². The van der Waals surface area contributed by atoms with Crippen LogP contribution in [0.15, 0.2) is 95.9 Å². The molecule has 5 rings (SSSR count). The number of thioether (sulfide) groups is 1. The van der Waals surface area contributed by atoms with E-state index in [1.807, 2.05) is 60.7 Å². The Morgan fingerprint density at radius 3 is 2.17 bits per heavy atom. The van der Waals surface area contributed by atoms with E-state index in [2.05, 4.69) is 15.6 Å². The first-order valence-electron chi connectivity index (χ1n) is 12.6. The summed E-state index contributed by atoms with van der Waals surface area (Å²) in [5, 5.41) is 5.87. The van der Waals surface area contributed by atoms with Gasteiger partial charge >= 0.3 is 0 Å². The van der Waals surface area contributed by atoms with Gasteiger partial charge in [0.15, 0.2) is 5.13 Å². The lowest BCUT2D eigenvalue weighted by Gasteiger charge is -2.17. The molecule has 0 aliphatic rings. The molecule has 1 unspecified atom stereocenters. The maximum atomic E-state index is 13.5. The number of benzene rings is 4. The summed E-state index contributed by atoms with van der Waals surface area (Å²) in [7, 11) is 4.63. The number of fused-ring (bicyclic) bond motifs is 1. The molecule has 1 heterocycles. The molecule has 1 aromatic heterocycles. The number of nitrogens with zero attached hydrogens (tertiary/aromatic N) is 1. The van der Waals surface area contributed by atoms with Gasteiger partial charge in [-0.1, -0.05) is 47.7 Å². The molecule has 0 fully saturated rings. The summed E-state index contributed by atoms with van der Waals surface area (Å²) < 4.78 is 16.9. The van der Waals surface area contributed by atoms with Crippen LogP contribution in [0, 0.1) is 0 Å². The van der Waals surface area contributed by atoms with Gasteiger partial charge in [0.1, 0.15) is 28.1 Å². The summed E-state index contributed by atoms with van der Waals surface area (Å²) >= 11 is 2.80. The number of carbonyl (C=O) groups excluding carboxylic acids is 2. The number of rotatable bonds is 10. The standard InChI is InChI=1S/C31H27N3O5S2/c1-37-21-14-17-23-26(18-21)41-31(33-23)34-30(36)28(19-8-5-4-6-9-19)40-22-15-12-20(13-16-22)32-29(35)27-24(38-2)10-7-11-25(27)39-3/h4-18,28H,1-3H3,(H,32,35)(H,33,34,36). The second kappa shape index (κ2) is 12.8. The smallest absolute Gasteiger partial charge is 0.263 e. The van der Waals surface area contributed by atoms with Crippen LogP contribution in [0.5, 0.6) is 17.2 Å². The average molecular weight is 586 g/mol. The first-order valence-corrected chi connectivity index (χ1v) is 14.3. The molecule has 208 valence electrons. The number of carbonyl (C=O) groups is 2. The lowest BCUT2D eigenvalue weighted by Crippen LogP contribution is -2.19. The Kier molecular flexibility index (Phi) is 8.71. The summed E-state index contributed by atoms with van der Waals surface area (Å²) in [5.41, 5.74) is 2.56. The number of anilines is 2. The van der Waals surface area contributed by atoms with Crippen LogP contribution in [0.1, 0.15) is 21.2 Å². The van der Waals surface area contributed by atoms with Gasteiger partial charge in [0.2, 0.25) is 5.91 Å². The maximum Gasteiger partial charge on any atom is 0.263 e. The highest BCUT2D eigenvalue weighted by Crippen LogP contribution is 2.38. The first-order chi connectivity index (χ1) is 20.0. The molecule has 5 aromatic rings. The monoisotopic (exact) mass is 585 g/mol. The van der Waals surface area contributed by atoms with Crippen molar-refractivity contribution in [3.8, 4) is 17.2 Å². The molecular formula is C31H27N3O5S2. The molecule has 41 heavy (non-hydrogen) atoms. The average Bonchev–Trinajstić information content (AvgIpc) is 3.41. The fourth-order valence-corrected chi connectivity index (χ4v) is 6.10. The van der Waals surface area contributed by atoms with Gasteiger partial charge in [-0.3, -0.25) is 9.59 Å². The number of methoxy groups -OCH3 is 3. The van der Waals surface area contributed by atoms with E-state index in [-0.39, 0.29) is 11.8 Å². The third kappa shape index (κ3) is 6.45. The quantitative estimate of drug-likeness (QED) is 0.170. The maximum absolute atomic E-state index is 13.5. The fraction of sp³-hybridized carbons (Fsp3) is 0.129. The van der Waals surface area contributed by atoms with Crippen LogP contribution < -0.4 is 24.8 Å². The number of hydrogen-bond acceptors (Lipinski definition) is 8. The predicted molar refractivity (Wildman–Crippen MR) is 164 cm³/mol. The van der Waals surface area contributed by atoms with E-state index in [4.69, 9.17) is 14.2 Å². The van der Waals surface area contributed by atoms with Crippen molar-refractivity contribution in [3.05, 3.63) is 102 Å². The highest BCUT2D eigenvalue weighted by molar-refractivity contribution is 8.00. The van der Waals surface area contributed by atoms with Crippen molar-refractivity contribution in [3.63, 3.8) is 0 Å². The van der Waals surface area contributed by atoms with Crippen LogP contribution in [0.3, 0.4) is 0 Å². The van der Waals surface area contributed by atoms with Crippen molar-refractivity contribution < 1.29 is 23.8 Å². The molecule has 0 radical (unpaired) electrons. The van der Waals surface area contributed by atoms with Gasteiger partial charge < -0.3 is 24.8 Å². The van der Waals surface area contributed by atoms with Crippen molar-refractivity contribution in [1.82, 2.24) is 4.98 Å². The second-order valence-electron chi connectivity index (χ2n) is 8.77. The van der Waals surface area contributed by atoms with Crippen LogP contribution in [-0.2, 0) is 4.79 Å². The predicted octanol–water partition coefficient (Wildman–Crippen LogP) is 7.05. The Bertz CT molecular complexity index is 1650. The van der Waals surface area contributed by atoms with Gasteiger partial charge in [-0.2, -0.15) is 0 Å². The molecular weight excluding hydrogens is 558 g/mol. The Morgan fingerprint density at radius 1 is 0.805 bits per heavy atom. The number of aromatic nitrogens is 1. The summed E-state index contributed by atoms with van der Waals surface area (Å²) in [6.07, 6.45) is 0. The number of amides is 2. The molecule has 0 aliphatic carbocycles. The number of hydrogen-bond donors (Lipinski definition) is 2. The Labute approximate surface area is 245 Å². The lowest BCUT2D eigenvalue weighted by molar-refractivity contribution is -0.115. The molecule has 2 amide bonds. The normalized spacial score (nSPS) is 11.5. The number of thiazole rings is 1. The molecule has 4 aromatic carbocycles. The number of ether oxygens (including phenoxy) is 3. The minimum Gasteiger partial charge on any atom is -0.497 e. The van der Waals surface area contributed by atoms with Gasteiger partial charge in [-0.15, -0.1) is 11.8 Å². The van der Waals surface area contributed by atoms with E-state index in [9.17, 15) is 9.59 Å². The molecule has 0 bridgehead atoms. The molecule has 2 N–H and O–H groups in total. The Balaban J connectivity index is 1.33. The summed E-state index contributed by atoms with van der Waals surface area (Å²) in [4.78, 5) is 32.0. The third-order valence-corrected chi connectivity index (χ3v) is 8.39. The first kappa shape index (κ1) is 28.0. The molecule has 8 nitrogen and oxygen atoms in total. The van der Waals surface area contributed by atoms with Crippen LogP contribution in [0.2, 0.25) is 0 Å². The zero-order chi connectivity index (χ0) is 28.8. The lowest BCUT2D eigenvalue weighted by atomic mass is 10.1. The molecule has 0 spiro atoms. The summed E-state index contributed by atoms with van der Waals surface area (Å²) in [6, 6.07) is 27.7. The minimum absolute atomic E-state index is 0.187. The van der Waals surface area contributed by atoms with Crippen LogP contribution in [0.25, 0.3) is 10.2 Å². The highest BCUT2D eigenvalue weighted by atomic mass is 32.2. The van der Waals surface area contributed by atoms with Crippen molar-refractivity contribution in [2.45, 2.75) is 10.1 Å². The van der Waals surface area contributed by atoms with Crippen LogP contribution >= 0.6 is 23.1 Å².